The van der Waals surface area contributed by atoms with Crippen LogP contribution < -0.4 is 9.47 Å². The second-order valence-electron chi connectivity index (χ2n) is 6.77. The Morgan fingerprint density at radius 3 is 2.53 bits per heavy atom. The van der Waals surface area contributed by atoms with Gasteiger partial charge in [0.2, 0.25) is 5.89 Å². The molecule has 1 heterocycles. The molecule has 0 bridgehead atoms. The maximum atomic E-state index is 12.2. The average Bonchev–Trinajstić information content (AvgIpc) is 3.31. The minimum atomic E-state index is -0.0715. The predicted molar refractivity (Wildman–Crippen MR) is 122 cm³/mol. The maximum absolute atomic E-state index is 12.2. The number of ketones is 1. The first-order valence-corrected chi connectivity index (χ1v) is 10.2. The SMILES string of the molecule is COc1cc(/C=C/C(=O)c2ccccc2)ccc1OCc1nnc(-c2ccc(Cl)cc2)o1. The molecule has 0 spiro atoms. The lowest BCUT2D eigenvalue weighted by molar-refractivity contribution is 0.104. The van der Waals surface area contributed by atoms with Crippen LogP contribution >= 0.6 is 11.6 Å². The molecule has 0 fully saturated rings. The monoisotopic (exact) mass is 446 g/mol. The Kier molecular flexibility index (Phi) is 6.63. The first kappa shape index (κ1) is 21.3. The van der Waals surface area contributed by atoms with Crippen molar-refractivity contribution < 1.29 is 18.7 Å². The van der Waals surface area contributed by atoms with Crippen molar-refractivity contribution in [2.75, 3.05) is 7.11 Å². The molecule has 3 aromatic carbocycles. The zero-order valence-electron chi connectivity index (χ0n) is 17.2. The number of carbonyl (C=O) groups excluding carboxylic acids is 1. The Labute approximate surface area is 190 Å². The number of benzene rings is 3. The van der Waals surface area contributed by atoms with Crippen LogP contribution in [0.5, 0.6) is 11.5 Å². The molecule has 0 radical (unpaired) electrons. The normalized spacial score (nSPS) is 10.9. The summed E-state index contributed by atoms with van der Waals surface area (Å²) in [6.07, 6.45) is 3.26. The van der Waals surface area contributed by atoms with E-state index in [1.807, 2.05) is 24.3 Å². The minimum absolute atomic E-state index is 0.0715. The number of hydrogen-bond acceptors (Lipinski definition) is 6. The van der Waals surface area contributed by atoms with Crippen LogP contribution in [0, 0.1) is 0 Å². The van der Waals surface area contributed by atoms with E-state index in [0.717, 1.165) is 11.1 Å². The summed E-state index contributed by atoms with van der Waals surface area (Å²) in [6, 6.07) is 21.6. The van der Waals surface area contributed by atoms with Gasteiger partial charge in [-0.3, -0.25) is 4.79 Å². The highest BCUT2D eigenvalue weighted by Gasteiger charge is 2.11. The summed E-state index contributed by atoms with van der Waals surface area (Å²) >= 11 is 5.91. The number of carbonyl (C=O) groups is 1. The number of methoxy groups -OCH3 is 1. The Morgan fingerprint density at radius 1 is 1.00 bits per heavy atom. The van der Waals surface area contributed by atoms with Crippen LogP contribution in [0.15, 0.2) is 83.3 Å². The van der Waals surface area contributed by atoms with Crippen molar-refractivity contribution >= 4 is 23.5 Å². The van der Waals surface area contributed by atoms with Crippen molar-refractivity contribution in [3.05, 3.63) is 101 Å². The number of aromatic nitrogens is 2. The number of allylic oxidation sites excluding steroid dienone is 1. The third kappa shape index (κ3) is 5.22. The van der Waals surface area contributed by atoms with Gasteiger partial charge in [-0.1, -0.05) is 54.1 Å². The van der Waals surface area contributed by atoms with Crippen LogP contribution in [-0.2, 0) is 6.61 Å². The van der Waals surface area contributed by atoms with E-state index in [9.17, 15) is 4.79 Å². The lowest BCUT2D eigenvalue weighted by Gasteiger charge is -2.10. The molecule has 0 unspecified atom stereocenters. The minimum Gasteiger partial charge on any atom is -0.493 e. The lowest BCUT2D eigenvalue weighted by atomic mass is 10.1. The molecule has 0 saturated carbocycles. The summed E-state index contributed by atoms with van der Waals surface area (Å²) in [4.78, 5) is 12.2. The molecule has 0 aliphatic carbocycles. The molecule has 1 aromatic heterocycles. The van der Waals surface area contributed by atoms with Crippen LogP contribution in [0.4, 0.5) is 0 Å². The number of halogens is 1. The smallest absolute Gasteiger partial charge is 0.254 e. The Bertz CT molecular complexity index is 1230. The van der Waals surface area contributed by atoms with Gasteiger partial charge in [0.1, 0.15) is 0 Å². The van der Waals surface area contributed by atoms with E-state index < -0.39 is 0 Å². The third-order valence-electron chi connectivity index (χ3n) is 4.58. The van der Waals surface area contributed by atoms with E-state index in [0.29, 0.717) is 33.9 Å². The molecule has 160 valence electrons. The van der Waals surface area contributed by atoms with E-state index in [1.165, 1.54) is 6.08 Å². The Morgan fingerprint density at radius 2 is 1.78 bits per heavy atom. The highest BCUT2D eigenvalue weighted by molar-refractivity contribution is 6.30. The predicted octanol–water partition coefficient (Wildman–Crippen LogP) is 5.87. The first-order chi connectivity index (χ1) is 15.6. The van der Waals surface area contributed by atoms with Gasteiger partial charge in [0, 0.05) is 16.1 Å². The highest BCUT2D eigenvalue weighted by atomic mass is 35.5. The number of rotatable bonds is 8. The van der Waals surface area contributed by atoms with Gasteiger partial charge in [0.25, 0.3) is 5.89 Å². The van der Waals surface area contributed by atoms with Gasteiger partial charge in [0.15, 0.2) is 23.9 Å². The standard InChI is InChI=1S/C25H19ClN2O4/c1-30-23-15-17(7-13-21(29)18-5-3-2-4-6-18)8-14-22(23)31-16-24-27-28-25(32-24)19-9-11-20(26)12-10-19/h2-15H,16H2,1H3/b13-7+. The van der Waals surface area contributed by atoms with Crippen molar-refractivity contribution in [3.8, 4) is 23.0 Å². The Balaban J connectivity index is 1.42. The average molecular weight is 447 g/mol. The van der Waals surface area contributed by atoms with Crippen LogP contribution in [0.2, 0.25) is 5.02 Å². The Hall–Kier alpha value is -3.90. The molecule has 0 atom stereocenters. The molecule has 0 N–H and O–H groups in total. The van der Waals surface area contributed by atoms with Crippen LogP contribution in [0.3, 0.4) is 0 Å². The summed E-state index contributed by atoms with van der Waals surface area (Å²) < 4.78 is 16.9. The summed E-state index contributed by atoms with van der Waals surface area (Å²) in [5.41, 5.74) is 2.21. The van der Waals surface area contributed by atoms with E-state index in [2.05, 4.69) is 10.2 Å². The van der Waals surface area contributed by atoms with E-state index >= 15 is 0 Å². The fourth-order valence-electron chi connectivity index (χ4n) is 2.94. The lowest BCUT2D eigenvalue weighted by Crippen LogP contribution is -1.98. The van der Waals surface area contributed by atoms with Gasteiger partial charge in [-0.15, -0.1) is 10.2 Å². The second-order valence-corrected chi connectivity index (χ2v) is 7.21. The van der Waals surface area contributed by atoms with Gasteiger partial charge in [0.05, 0.1) is 7.11 Å². The molecule has 0 amide bonds. The van der Waals surface area contributed by atoms with E-state index in [4.69, 9.17) is 25.5 Å². The van der Waals surface area contributed by atoms with E-state index in [-0.39, 0.29) is 12.4 Å². The molecule has 32 heavy (non-hydrogen) atoms. The van der Waals surface area contributed by atoms with Gasteiger partial charge < -0.3 is 13.9 Å². The quantitative estimate of drug-likeness (QED) is 0.249. The van der Waals surface area contributed by atoms with Crippen LogP contribution in [0.25, 0.3) is 17.5 Å². The number of hydrogen-bond donors (Lipinski definition) is 0. The van der Waals surface area contributed by atoms with Crippen molar-refractivity contribution in [1.29, 1.82) is 0 Å². The molecule has 0 saturated heterocycles. The van der Waals surface area contributed by atoms with Gasteiger partial charge in [-0.05, 0) is 48.0 Å². The molecule has 0 aliphatic rings. The van der Waals surface area contributed by atoms with Gasteiger partial charge in [-0.2, -0.15) is 0 Å². The third-order valence-corrected chi connectivity index (χ3v) is 4.83. The van der Waals surface area contributed by atoms with Crippen molar-refractivity contribution in [3.63, 3.8) is 0 Å². The number of nitrogens with zero attached hydrogens (tertiary/aromatic N) is 2. The molecular formula is C25H19ClN2O4. The maximum Gasteiger partial charge on any atom is 0.254 e. The molecule has 7 heteroatoms. The second kappa shape index (κ2) is 9.94. The largest absolute Gasteiger partial charge is 0.493 e. The van der Waals surface area contributed by atoms with Crippen LogP contribution in [0.1, 0.15) is 21.8 Å². The zero-order chi connectivity index (χ0) is 22.3. The van der Waals surface area contributed by atoms with Crippen LogP contribution in [-0.4, -0.2) is 23.1 Å². The number of ether oxygens (including phenoxy) is 2. The molecule has 4 rings (SSSR count). The molecule has 4 aromatic rings. The topological polar surface area (TPSA) is 74.5 Å². The van der Waals surface area contributed by atoms with Crippen molar-refractivity contribution in [2.24, 2.45) is 0 Å². The summed E-state index contributed by atoms with van der Waals surface area (Å²) in [5.74, 6) is 1.69. The highest BCUT2D eigenvalue weighted by Crippen LogP contribution is 2.29. The van der Waals surface area contributed by atoms with Crippen molar-refractivity contribution in [2.45, 2.75) is 6.61 Å². The molecule has 6 nitrogen and oxygen atoms in total. The van der Waals surface area contributed by atoms with Crippen molar-refractivity contribution in [1.82, 2.24) is 10.2 Å². The fourth-order valence-corrected chi connectivity index (χ4v) is 3.06. The molecular weight excluding hydrogens is 428 g/mol. The first-order valence-electron chi connectivity index (χ1n) is 9.79. The molecule has 0 aliphatic heterocycles. The fraction of sp³-hybridized carbons (Fsp3) is 0.0800. The summed E-state index contributed by atoms with van der Waals surface area (Å²) in [7, 11) is 1.55. The summed E-state index contributed by atoms with van der Waals surface area (Å²) in [6.45, 7) is 0.0820. The van der Waals surface area contributed by atoms with E-state index in [1.54, 1.807) is 61.7 Å². The summed E-state index contributed by atoms with van der Waals surface area (Å²) in [5, 5.41) is 8.69. The van der Waals surface area contributed by atoms with Gasteiger partial charge >= 0.3 is 0 Å². The van der Waals surface area contributed by atoms with Gasteiger partial charge in [-0.25, -0.2) is 0 Å². The zero-order valence-corrected chi connectivity index (χ0v) is 18.0.